The molecule has 0 saturated heterocycles. The van der Waals surface area contributed by atoms with Crippen LogP contribution in [0.3, 0.4) is 0 Å². The molecule has 0 aliphatic rings. The normalized spacial score (nSPS) is 11.3. The third-order valence-corrected chi connectivity index (χ3v) is 7.88. The summed E-state index contributed by atoms with van der Waals surface area (Å²) in [5.74, 6) is -0.394. The van der Waals surface area contributed by atoms with Gasteiger partial charge in [-0.3, -0.25) is 10.1 Å². The molecule has 0 aliphatic carbocycles. The van der Waals surface area contributed by atoms with Gasteiger partial charge in [-0.05, 0) is 49.2 Å². The van der Waals surface area contributed by atoms with Crippen molar-refractivity contribution in [3.63, 3.8) is 0 Å². The van der Waals surface area contributed by atoms with Crippen LogP contribution in [0.2, 0.25) is 0 Å². The van der Waals surface area contributed by atoms with Gasteiger partial charge in [-0.1, -0.05) is 23.5 Å². The average molecular weight is 468 g/mol. The second-order valence-corrected chi connectivity index (χ2v) is 10.0. The maximum atomic E-state index is 12.9. The number of nitrogens with one attached hydrogen (secondary N) is 1. The molecule has 3 aromatic rings. The van der Waals surface area contributed by atoms with Gasteiger partial charge in [-0.15, -0.1) is 0 Å². The van der Waals surface area contributed by atoms with E-state index < -0.39 is 15.9 Å². The van der Waals surface area contributed by atoms with Crippen LogP contribution < -0.4 is 5.32 Å². The summed E-state index contributed by atoms with van der Waals surface area (Å²) in [6, 6.07) is 13.4. The molecule has 0 spiro atoms. The molecule has 0 aliphatic heterocycles. The summed E-state index contributed by atoms with van der Waals surface area (Å²) in [6.45, 7) is 3.95. The first kappa shape index (κ1) is 23.4. The number of aryl methyl sites for hydroxylation is 2. The average Bonchev–Trinajstić information content (AvgIpc) is 3.21. The van der Waals surface area contributed by atoms with Crippen molar-refractivity contribution in [3.05, 3.63) is 53.1 Å². The minimum absolute atomic E-state index is 0.000803. The molecule has 1 aromatic heterocycles. The molecule has 1 amide bonds. The Bertz CT molecular complexity index is 1280. The highest BCUT2D eigenvalue weighted by Crippen LogP contribution is 2.31. The zero-order valence-corrected chi connectivity index (χ0v) is 19.3. The topological polar surface area (TPSA) is 127 Å². The molecule has 0 radical (unpaired) electrons. The number of thiazole rings is 1. The number of hydrogen-bond acceptors (Lipinski definition) is 7. The highest BCUT2D eigenvalue weighted by molar-refractivity contribution is 7.89. The molecule has 8 nitrogen and oxygen atoms in total. The van der Waals surface area contributed by atoms with Crippen LogP contribution in [0.25, 0.3) is 10.2 Å². The lowest BCUT2D eigenvalue weighted by Gasteiger charge is -2.20. The molecule has 0 bridgehead atoms. The minimum Gasteiger partial charge on any atom is -0.298 e. The Hall–Kier alpha value is -3.31. The van der Waals surface area contributed by atoms with Crippen LogP contribution >= 0.6 is 11.3 Å². The quantitative estimate of drug-likeness (QED) is 0.534. The molecule has 0 fully saturated rings. The van der Waals surface area contributed by atoms with Gasteiger partial charge < -0.3 is 0 Å². The maximum absolute atomic E-state index is 12.9. The lowest BCUT2D eigenvalue weighted by atomic mass is 10.1. The summed E-state index contributed by atoms with van der Waals surface area (Å²) in [5, 5.41) is 20.8. The van der Waals surface area contributed by atoms with E-state index in [1.165, 1.54) is 35.6 Å². The van der Waals surface area contributed by atoms with E-state index in [-0.39, 0.29) is 36.4 Å². The van der Waals surface area contributed by atoms with Crippen molar-refractivity contribution >= 4 is 42.6 Å². The number of carbonyl (C=O) groups is 1. The summed E-state index contributed by atoms with van der Waals surface area (Å²) in [4.78, 5) is 17.2. The molecule has 32 heavy (non-hydrogen) atoms. The summed E-state index contributed by atoms with van der Waals surface area (Å²) < 4.78 is 27.9. The van der Waals surface area contributed by atoms with Crippen molar-refractivity contribution in [2.75, 3.05) is 18.4 Å². The van der Waals surface area contributed by atoms with E-state index in [1.807, 2.05) is 38.1 Å². The number of hydrogen-bond donors (Lipinski definition) is 1. The van der Waals surface area contributed by atoms with Gasteiger partial charge in [0.15, 0.2) is 5.13 Å². The molecule has 0 unspecified atom stereocenters. The largest absolute Gasteiger partial charge is 0.298 e. The number of nitrogens with zero attached hydrogens (tertiary/aromatic N) is 4. The lowest BCUT2D eigenvalue weighted by Crippen LogP contribution is -2.32. The minimum atomic E-state index is -3.88. The number of sulfonamides is 1. The molecule has 164 valence electrons. The molecule has 2 aromatic carbocycles. The zero-order chi connectivity index (χ0) is 23.3. The first-order chi connectivity index (χ1) is 15.3. The number of anilines is 1. The Labute approximate surface area is 190 Å². The highest BCUT2D eigenvalue weighted by atomic mass is 32.2. The number of rotatable bonds is 8. The monoisotopic (exact) mass is 467 g/mol. The fraction of sp³-hybridized carbons (Fsp3) is 0.273. The van der Waals surface area contributed by atoms with E-state index in [9.17, 15) is 13.2 Å². The third-order valence-electron chi connectivity index (χ3n) is 4.86. The molecule has 3 rings (SSSR count). The Kier molecular flexibility index (Phi) is 7.21. The van der Waals surface area contributed by atoms with Crippen LogP contribution in [0.15, 0.2) is 41.3 Å². The number of amides is 1. The van der Waals surface area contributed by atoms with Gasteiger partial charge in [0.05, 0.1) is 27.3 Å². The van der Waals surface area contributed by atoms with Gasteiger partial charge in [-0.2, -0.15) is 14.8 Å². The Morgan fingerprint density at radius 1 is 1.03 bits per heavy atom. The van der Waals surface area contributed by atoms with E-state index in [0.29, 0.717) is 5.13 Å². The SMILES string of the molecule is Cc1ccc(C)c2sc(NC(=O)c3ccc(S(=O)(=O)N(CCC#N)CCC#N)cc3)nc12. The summed E-state index contributed by atoms with van der Waals surface area (Å²) in [6.07, 6.45) is 0.0402. The van der Waals surface area contributed by atoms with Gasteiger partial charge in [0.1, 0.15) is 0 Å². The van der Waals surface area contributed by atoms with Crippen molar-refractivity contribution in [2.24, 2.45) is 0 Å². The van der Waals surface area contributed by atoms with Gasteiger partial charge in [0.2, 0.25) is 10.0 Å². The lowest BCUT2D eigenvalue weighted by molar-refractivity contribution is 0.102. The summed E-state index contributed by atoms with van der Waals surface area (Å²) in [5.41, 5.74) is 3.24. The first-order valence-electron chi connectivity index (χ1n) is 9.80. The van der Waals surface area contributed by atoms with Crippen molar-refractivity contribution in [1.82, 2.24) is 9.29 Å². The van der Waals surface area contributed by atoms with Crippen LogP contribution in [0.4, 0.5) is 5.13 Å². The van der Waals surface area contributed by atoms with Crippen molar-refractivity contribution in [2.45, 2.75) is 31.6 Å². The van der Waals surface area contributed by atoms with E-state index in [4.69, 9.17) is 10.5 Å². The van der Waals surface area contributed by atoms with Gasteiger partial charge >= 0.3 is 0 Å². The van der Waals surface area contributed by atoms with E-state index in [2.05, 4.69) is 10.3 Å². The first-order valence-corrected chi connectivity index (χ1v) is 12.1. The Balaban J connectivity index is 1.79. The molecular formula is C22H21N5O3S2. The predicted molar refractivity (Wildman–Crippen MR) is 123 cm³/mol. The van der Waals surface area contributed by atoms with Gasteiger partial charge in [0, 0.05) is 31.5 Å². The predicted octanol–water partition coefficient (Wildman–Crippen LogP) is 3.98. The molecule has 10 heteroatoms. The van der Waals surface area contributed by atoms with Crippen LogP contribution in [-0.2, 0) is 10.0 Å². The summed E-state index contributed by atoms with van der Waals surface area (Å²) >= 11 is 1.39. The van der Waals surface area contributed by atoms with Crippen molar-refractivity contribution < 1.29 is 13.2 Å². The van der Waals surface area contributed by atoms with Gasteiger partial charge in [0.25, 0.3) is 5.91 Å². The fourth-order valence-corrected chi connectivity index (χ4v) is 5.56. The van der Waals surface area contributed by atoms with Crippen LogP contribution in [0.1, 0.15) is 34.3 Å². The molecular weight excluding hydrogens is 446 g/mol. The number of fused-ring (bicyclic) bond motifs is 1. The molecule has 1 heterocycles. The van der Waals surface area contributed by atoms with Crippen LogP contribution in [0.5, 0.6) is 0 Å². The third kappa shape index (κ3) is 4.94. The van der Waals surface area contributed by atoms with Crippen LogP contribution in [0, 0.1) is 36.5 Å². The van der Waals surface area contributed by atoms with Crippen molar-refractivity contribution in [3.8, 4) is 12.1 Å². The van der Waals surface area contributed by atoms with Crippen molar-refractivity contribution in [1.29, 1.82) is 10.5 Å². The molecule has 0 atom stereocenters. The van der Waals surface area contributed by atoms with E-state index in [0.717, 1.165) is 25.6 Å². The second kappa shape index (κ2) is 9.88. The Morgan fingerprint density at radius 2 is 1.62 bits per heavy atom. The standard InChI is InChI=1S/C22H21N5O3S2/c1-15-5-6-16(2)20-19(15)25-22(31-20)26-21(28)17-7-9-18(10-8-17)32(29,30)27(13-3-11-23)14-4-12-24/h5-10H,3-4,13-14H2,1-2H3,(H,25,26,28). The van der Waals surface area contributed by atoms with E-state index >= 15 is 0 Å². The fourth-order valence-electron chi connectivity index (χ4n) is 3.11. The zero-order valence-electron chi connectivity index (χ0n) is 17.6. The maximum Gasteiger partial charge on any atom is 0.257 e. The van der Waals surface area contributed by atoms with E-state index in [1.54, 1.807) is 0 Å². The highest BCUT2D eigenvalue weighted by Gasteiger charge is 2.24. The number of carbonyl (C=O) groups excluding carboxylic acids is 1. The molecule has 1 N–H and O–H groups in total. The smallest absolute Gasteiger partial charge is 0.257 e. The number of benzene rings is 2. The summed E-state index contributed by atoms with van der Waals surface area (Å²) in [7, 11) is -3.88. The number of nitriles is 2. The van der Waals surface area contributed by atoms with Crippen LogP contribution in [-0.4, -0.2) is 36.7 Å². The second-order valence-electron chi connectivity index (χ2n) is 7.09. The Morgan fingerprint density at radius 3 is 2.19 bits per heavy atom. The van der Waals surface area contributed by atoms with Gasteiger partial charge in [-0.25, -0.2) is 13.4 Å². The molecule has 0 saturated carbocycles. The number of aromatic nitrogens is 1.